The first kappa shape index (κ1) is 19.4. The molecule has 3 rings (SSSR count). The molecule has 8 heteroatoms. The summed E-state index contributed by atoms with van der Waals surface area (Å²) in [5, 5.41) is 17.2. The number of aryl methyl sites for hydroxylation is 1. The van der Waals surface area contributed by atoms with Gasteiger partial charge in [-0.05, 0) is 37.6 Å². The standard InChI is InChI=1S/C20H17F3N4O/c1-12-8-9-17(14(10-12)11-24)28-13(2)18-25-26-19(27(18)3)15-6-4-5-7-16(15)20(21,22)23/h4-10,13H,1-3H3/t13-/m0/s1. The highest BCUT2D eigenvalue weighted by Crippen LogP contribution is 2.36. The molecular formula is C20H17F3N4O. The van der Waals surface area contributed by atoms with Crippen LogP contribution in [0.15, 0.2) is 42.5 Å². The van der Waals surface area contributed by atoms with E-state index >= 15 is 0 Å². The minimum atomic E-state index is -4.51. The molecule has 144 valence electrons. The second kappa shape index (κ2) is 7.35. The third-order valence-electron chi connectivity index (χ3n) is 4.30. The average Bonchev–Trinajstić information content (AvgIpc) is 3.03. The van der Waals surface area contributed by atoms with Crippen molar-refractivity contribution in [3.63, 3.8) is 0 Å². The fourth-order valence-corrected chi connectivity index (χ4v) is 2.93. The maximum Gasteiger partial charge on any atom is 0.417 e. The summed E-state index contributed by atoms with van der Waals surface area (Å²) in [5.74, 6) is 0.806. The lowest BCUT2D eigenvalue weighted by atomic mass is 10.1. The SMILES string of the molecule is Cc1ccc(O[C@@H](C)c2nnc(-c3ccccc3C(F)(F)F)n2C)c(C#N)c1. The van der Waals surface area contributed by atoms with E-state index in [-0.39, 0.29) is 11.4 Å². The Morgan fingerprint density at radius 2 is 1.86 bits per heavy atom. The van der Waals surface area contributed by atoms with Crippen LogP contribution in [-0.4, -0.2) is 14.8 Å². The van der Waals surface area contributed by atoms with Gasteiger partial charge in [0.15, 0.2) is 17.8 Å². The maximum atomic E-state index is 13.3. The molecular weight excluding hydrogens is 369 g/mol. The van der Waals surface area contributed by atoms with E-state index < -0.39 is 17.8 Å². The smallest absolute Gasteiger partial charge is 0.417 e. The molecule has 3 aromatic rings. The van der Waals surface area contributed by atoms with Crippen LogP contribution >= 0.6 is 0 Å². The first-order valence-electron chi connectivity index (χ1n) is 8.45. The summed E-state index contributed by atoms with van der Waals surface area (Å²) in [6.07, 6.45) is -5.13. The van der Waals surface area contributed by atoms with Gasteiger partial charge in [0, 0.05) is 12.6 Å². The molecule has 0 saturated carbocycles. The van der Waals surface area contributed by atoms with Gasteiger partial charge in [-0.2, -0.15) is 18.4 Å². The molecule has 0 radical (unpaired) electrons. The van der Waals surface area contributed by atoms with Crippen LogP contribution in [-0.2, 0) is 13.2 Å². The molecule has 0 saturated heterocycles. The number of halogens is 3. The third kappa shape index (κ3) is 3.69. The zero-order valence-corrected chi connectivity index (χ0v) is 15.4. The van der Waals surface area contributed by atoms with Gasteiger partial charge in [0.1, 0.15) is 11.8 Å². The fraction of sp³-hybridized carbons (Fsp3) is 0.250. The van der Waals surface area contributed by atoms with Crippen molar-refractivity contribution in [1.29, 1.82) is 5.26 Å². The number of hydrogen-bond acceptors (Lipinski definition) is 4. The lowest BCUT2D eigenvalue weighted by Gasteiger charge is -2.16. The summed E-state index contributed by atoms with van der Waals surface area (Å²) in [5.41, 5.74) is 0.449. The largest absolute Gasteiger partial charge is 0.481 e. The van der Waals surface area contributed by atoms with Gasteiger partial charge in [-0.1, -0.05) is 24.3 Å². The highest BCUT2D eigenvalue weighted by atomic mass is 19.4. The van der Waals surface area contributed by atoms with Crippen LogP contribution in [0.25, 0.3) is 11.4 Å². The van der Waals surface area contributed by atoms with Crippen LogP contribution < -0.4 is 4.74 Å². The molecule has 5 nitrogen and oxygen atoms in total. The van der Waals surface area contributed by atoms with E-state index in [0.29, 0.717) is 17.1 Å². The topological polar surface area (TPSA) is 63.7 Å². The summed E-state index contributed by atoms with van der Waals surface area (Å²) in [6, 6.07) is 12.5. The van der Waals surface area contributed by atoms with Crippen molar-refractivity contribution in [2.45, 2.75) is 26.1 Å². The van der Waals surface area contributed by atoms with E-state index in [1.54, 1.807) is 26.1 Å². The Hall–Kier alpha value is -3.34. The summed E-state index contributed by atoms with van der Waals surface area (Å²) in [6.45, 7) is 3.56. The van der Waals surface area contributed by atoms with Crippen molar-refractivity contribution in [2.75, 3.05) is 0 Å². The van der Waals surface area contributed by atoms with Gasteiger partial charge >= 0.3 is 6.18 Å². The number of nitrogens with zero attached hydrogens (tertiary/aromatic N) is 4. The summed E-state index contributed by atoms with van der Waals surface area (Å²) in [7, 11) is 1.58. The van der Waals surface area contributed by atoms with Crippen molar-refractivity contribution in [3.8, 4) is 23.2 Å². The fourth-order valence-electron chi connectivity index (χ4n) is 2.93. The molecule has 0 aliphatic heterocycles. The zero-order valence-electron chi connectivity index (χ0n) is 15.4. The van der Waals surface area contributed by atoms with Crippen LogP contribution in [0.2, 0.25) is 0 Å². The number of aromatic nitrogens is 3. The number of benzene rings is 2. The summed E-state index contributed by atoms with van der Waals surface area (Å²) in [4.78, 5) is 0. The number of ether oxygens (including phenoxy) is 1. The minimum Gasteiger partial charge on any atom is -0.481 e. The molecule has 0 spiro atoms. The summed E-state index contributed by atoms with van der Waals surface area (Å²) >= 11 is 0. The highest BCUT2D eigenvalue weighted by Gasteiger charge is 2.35. The van der Waals surface area contributed by atoms with Crippen molar-refractivity contribution < 1.29 is 17.9 Å². The monoisotopic (exact) mass is 386 g/mol. The van der Waals surface area contributed by atoms with Gasteiger partial charge in [-0.15, -0.1) is 10.2 Å². The van der Waals surface area contributed by atoms with Gasteiger partial charge in [-0.25, -0.2) is 0 Å². The maximum absolute atomic E-state index is 13.3. The molecule has 0 fully saturated rings. The van der Waals surface area contributed by atoms with Crippen LogP contribution in [0.1, 0.15) is 35.5 Å². The first-order valence-corrected chi connectivity index (χ1v) is 8.45. The van der Waals surface area contributed by atoms with E-state index in [1.165, 1.54) is 22.8 Å². The van der Waals surface area contributed by atoms with E-state index in [9.17, 15) is 18.4 Å². The highest BCUT2D eigenvalue weighted by molar-refractivity contribution is 5.61. The van der Waals surface area contributed by atoms with Gasteiger partial charge in [0.05, 0.1) is 11.1 Å². The minimum absolute atomic E-state index is 0.0588. The van der Waals surface area contributed by atoms with E-state index in [4.69, 9.17) is 4.74 Å². The number of nitriles is 1. The number of hydrogen-bond donors (Lipinski definition) is 0. The molecule has 1 atom stereocenters. The van der Waals surface area contributed by atoms with Crippen LogP contribution in [0.4, 0.5) is 13.2 Å². The molecule has 0 aliphatic carbocycles. The number of rotatable bonds is 4. The van der Waals surface area contributed by atoms with Gasteiger partial charge in [-0.3, -0.25) is 0 Å². The molecule has 2 aromatic carbocycles. The second-order valence-corrected chi connectivity index (χ2v) is 6.36. The van der Waals surface area contributed by atoms with Crippen LogP contribution in [0, 0.1) is 18.3 Å². The molecule has 0 N–H and O–H groups in total. The molecule has 0 aliphatic rings. The van der Waals surface area contributed by atoms with Crippen LogP contribution in [0.5, 0.6) is 5.75 Å². The van der Waals surface area contributed by atoms with E-state index in [2.05, 4.69) is 16.3 Å². The molecule has 0 unspecified atom stereocenters. The van der Waals surface area contributed by atoms with Crippen molar-refractivity contribution in [3.05, 3.63) is 65.0 Å². The second-order valence-electron chi connectivity index (χ2n) is 6.36. The Labute approximate surface area is 160 Å². The Balaban J connectivity index is 1.96. The Morgan fingerprint density at radius 1 is 1.14 bits per heavy atom. The van der Waals surface area contributed by atoms with Gasteiger partial charge < -0.3 is 9.30 Å². The van der Waals surface area contributed by atoms with Crippen molar-refractivity contribution >= 4 is 0 Å². The first-order chi connectivity index (χ1) is 13.2. The normalized spacial score (nSPS) is 12.5. The molecule has 0 bridgehead atoms. The van der Waals surface area contributed by atoms with Crippen molar-refractivity contribution in [2.24, 2.45) is 7.05 Å². The van der Waals surface area contributed by atoms with Gasteiger partial charge in [0.25, 0.3) is 0 Å². The van der Waals surface area contributed by atoms with Gasteiger partial charge in [0.2, 0.25) is 0 Å². The zero-order chi connectivity index (χ0) is 20.5. The molecule has 1 heterocycles. The van der Waals surface area contributed by atoms with Crippen molar-refractivity contribution in [1.82, 2.24) is 14.8 Å². The lowest BCUT2D eigenvalue weighted by molar-refractivity contribution is -0.137. The lowest BCUT2D eigenvalue weighted by Crippen LogP contribution is -2.12. The quantitative estimate of drug-likeness (QED) is 0.645. The Kier molecular flexibility index (Phi) is 5.10. The predicted molar refractivity (Wildman–Crippen MR) is 96.4 cm³/mol. The van der Waals surface area contributed by atoms with E-state index in [1.807, 2.05) is 13.0 Å². The predicted octanol–water partition coefficient (Wildman–Crippen LogP) is 4.82. The Bertz CT molecular complexity index is 1050. The molecule has 0 amide bonds. The molecule has 28 heavy (non-hydrogen) atoms. The van der Waals surface area contributed by atoms with E-state index in [0.717, 1.165) is 11.6 Å². The molecule has 1 aromatic heterocycles. The van der Waals surface area contributed by atoms with Crippen LogP contribution in [0.3, 0.4) is 0 Å². The summed E-state index contributed by atoms with van der Waals surface area (Å²) < 4.78 is 47.3. The third-order valence-corrected chi connectivity index (χ3v) is 4.30. The Morgan fingerprint density at radius 3 is 2.54 bits per heavy atom. The average molecular weight is 386 g/mol. The number of alkyl halides is 3.